The summed E-state index contributed by atoms with van der Waals surface area (Å²) in [4.78, 5) is 19.8. The zero-order chi connectivity index (χ0) is 18.9. The van der Waals surface area contributed by atoms with E-state index in [0.29, 0.717) is 21.9 Å². The molecule has 5 nitrogen and oxygen atoms in total. The summed E-state index contributed by atoms with van der Waals surface area (Å²) in [6.45, 7) is 0. The molecule has 0 saturated heterocycles. The van der Waals surface area contributed by atoms with Crippen molar-refractivity contribution in [2.24, 2.45) is 0 Å². The van der Waals surface area contributed by atoms with Crippen LogP contribution in [0.3, 0.4) is 0 Å². The van der Waals surface area contributed by atoms with Crippen LogP contribution in [0.1, 0.15) is 23.5 Å². The first-order valence-corrected chi connectivity index (χ1v) is 7.85. The smallest absolute Gasteiger partial charge is 0.389 e. The number of oxazole rings is 1. The van der Waals surface area contributed by atoms with E-state index in [1.165, 1.54) is 13.3 Å². The Morgan fingerprint density at radius 2 is 2.08 bits per heavy atom. The van der Waals surface area contributed by atoms with Gasteiger partial charge in [-0.05, 0) is 24.3 Å². The molecule has 0 fully saturated rings. The van der Waals surface area contributed by atoms with E-state index in [2.05, 4.69) is 9.97 Å². The molecule has 0 unspecified atom stereocenters. The van der Waals surface area contributed by atoms with Crippen LogP contribution in [0.2, 0.25) is 5.02 Å². The first kappa shape index (κ1) is 18.2. The van der Waals surface area contributed by atoms with Gasteiger partial charge in [0.05, 0.1) is 13.5 Å². The summed E-state index contributed by atoms with van der Waals surface area (Å²) >= 11 is 5.94. The van der Waals surface area contributed by atoms with Crippen molar-refractivity contribution in [3.63, 3.8) is 0 Å². The minimum atomic E-state index is -4.42. The molecule has 0 spiro atoms. The maximum absolute atomic E-state index is 12.2. The fourth-order valence-corrected chi connectivity index (χ4v) is 2.51. The number of carbonyl (C=O) groups is 1. The van der Waals surface area contributed by atoms with Gasteiger partial charge in [0.15, 0.2) is 11.2 Å². The van der Waals surface area contributed by atoms with E-state index in [-0.39, 0.29) is 11.2 Å². The van der Waals surface area contributed by atoms with Gasteiger partial charge in [0.25, 0.3) is 5.89 Å². The minimum Gasteiger partial charge on any atom is -0.496 e. The summed E-state index contributed by atoms with van der Waals surface area (Å²) in [6, 6.07) is 6.63. The van der Waals surface area contributed by atoms with Gasteiger partial charge < -0.3 is 9.15 Å². The van der Waals surface area contributed by atoms with E-state index in [1.807, 2.05) is 0 Å². The molecule has 2 aromatic heterocycles. The van der Waals surface area contributed by atoms with Crippen molar-refractivity contribution in [2.45, 2.75) is 19.0 Å². The number of ether oxygens (including phenoxy) is 1. The van der Waals surface area contributed by atoms with E-state index >= 15 is 0 Å². The Hall–Kier alpha value is -2.61. The number of carbonyl (C=O) groups excluding carboxylic acids is 1. The van der Waals surface area contributed by atoms with Gasteiger partial charge in [0, 0.05) is 28.8 Å². The van der Waals surface area contributed by atoms with Crippen LogP contribution in [-0.4, -0.2) is 29.0 Å². The first-order valence-electron chi connectivity index (χ1n) is 7.47. The number of methoxy groups -OCH3 is 1. The van der Waals surface area contributed by atoms with Gasteiger partial charge in [-0.2, -0.15) is 18.2 Å². The highest BCUT2D eigenvalue weighted by Crippen LogP contribution is 2.33. The Labute approximate surface area is 150 Å². The molecule has 0 radical (unpaired) electrons. The van der Waals surface area contributed by atoms with Crippen molar-refractivity contribution in [3.05, 3.63) is 41.4 Å². The molecular formula is C17H12ClF3N2O3. The van der Waals surface area contributed by atoms with E-state index in [1.54, 1.807) is 24.3 Å². The van der Waals surface area contributed by atoms with E-state index in [9.17, 15) is 18.0 Å². The van der Waals surface area contributed by atoms with E-state index in [4.69, 9.17) is 20.8 Å². The molecule has 2 heterocycles. The number of benzene rings is 1. The number of alkyl halides is 3. The summed E-state index contributed by atoms with van der Waals surface area (Å²) in [6.07, 6.45) is -4.88. The number of pyridine rings is 1. The van der Waals surface area contributed by atoms with Gasteiger partial charge in [-0.3, -0.25) is 4.79 Å². The zero-order valence-electron chi connectivity index (χ0n) is 13.4. The van der Waals surface area contributed by atoms with Crippen LogP contribution in [0.15, 0.2) is 34.9 Å². The molecule has 0 aliphatic carbocycles. The maximum atomic E-state index is 12.2. The summed E-state index contributed by atoms with van der Waals surface area (Å²) in [5, 5.41) is 0.497. The highest BCUT2D eigenvalue weighted by Gasteiger charge is 2.29. The number of nitrogens with zero attached hydrogens (tertiary/aromatic N) is 2. The molecule has 0 aliphatic heterocycles. The predicted octanol–water partition coefficient (Wildman–Crippen LogP) is 5.08. The van der Waals surface area contributed by atoms with Gasteiger partial charge in [0.2, 0.25) is 5.78 Å². The molecule has 3 rings (SSSR count). The molecule has 0 amide bonds. The lowest BCUT2D eigenvalue weighted by Crippen LogP contribution is -2.11. The van der Waals surface area contributed by atoms with Crippen LogP contribution < -0.4 is 4.74 Å². The standard InChI is InChI=1S/C17H12ClF3N2O3/c1-25-13-7-10(18)2-3-11(13)9-6-14-15(22-8-9)23-16(26-14)12(24)4-5-17(19,20)21/h2-3,6-8H,4-5H2,1H3. The number of halogens is 4. The quantitative estimate of drug-likeness (QED) is 0.574. The van der Waals surface area contributed by atoms with E-state index in [0.717, 1.165) is 0 Å². The molecule has 3 aromatic rings. The molecule has 0 bridgehead atoms. The van der Waals surface area contributed by atoms with Gasteiger partial charge >= 0.3 is 6.18 Å². The Kier molecular flexibility index (Phi) is 4.86. The van der Waals surface area contributed by atoms with Crippen molar-refractivity contribution >= 4 is 28.6 Å². The van der Waals surface area contributed by atoms with Crippen LogP contribution in [0.5, 0.6) is 5.75 Å². The molecule has 1 aromatic carbocycles. The lowest BCUT2D eigenvalue weighted by molar-refractivity contribution is -0.133. The van der Waals surface area contributed by atoms with Crippen molar-refractivity contribution in [1.82, 2.24) is 9.97 Å². The molecule has 0 N–H and O–H groups in total. The first-order chi connectivity index (χ1) is 12.3. The van der Waals surface area contributed by atoms with Crippen molar-refractivity contribution in [3.8, 4) is 16.9 Å². The monoisotopic (exact) mass is 384 g/mol. The van der Waals surface area contributed by atoms with Crippen molar-refractivity contribution in [2.75, 3.05) is 7.11 Å². The Balaban J connectivity index is 1.92. The fourth-order valence-electron chi connectivity index (χ4n) is 2.35. The lowest BCUT2D eigenvalue weighted by atomic mass is 10.1. The highest BCUT2D eigenvalue weighted by molar-refractivity contribution is 6.30. The van der Waals surface area contributed by atoms with Crippen molar-refractivity contribution in [1.29, 1.82) is 0 Å². The predicted molar refractivity (Wildman–Crippen MR) is 88.4 cm³/mol. The largest absolute Gasteiger partial charge is 0.496 e. The topological polar surface area (TPSA) is 65.2 Å². The summed E-state index contributed by atoms with van der Waals surface area (Å²) in [7, 11) is 1.49. The van der Waals surface area contributed by atoms with Gasteiger partial charge in [0.1, 0.15) is 5.75 Å². The third-order valence-electron chi connectivity index (χ3n) is 3.60. The molecular weight excluding hydrogens is 373 g/mol. The summed E-state index contributed by atoms with van der Waals surface area (Å²) < 4.78 is 47.3. The van der Waals surface area contributed by atoms with Gasteiger partial charge in [-0.1, -0.05) is 11.6 Å². The van der Waals surface area contributed by atoms with Crippen LogP contribution in [-0.2, 0) is 0 Å². The highest BCUT2D eigenvalue weighted by atomic mass is 35.5. The minimum absolute atomic E-state index is 0.136. The molecule has 26 heavy (non-hydrogen) atoms. The molecule has 136 valence electrons. The van der Waals surface area contributed by atoms with E-state index < -0.39 is 30.7 Å². The lowest BCUT2D eigenvalue weighted by Gasteiger charge is -2.08. The van der Waals surface area contributed by atoms with Crippen molar-refractivity contribution < 1.29 is 27.1 Å². The molecule has 0 atom stereocenters. The fraction of sp³-hybridized carbons (Fsp3) is 0.235. The summed E-state index contributed by atoms with van der Waals surface area (Å²) in [5.41, 5.74) is 1.64. The number of aromatic nitrogens is 2. The second-order valence-electron chi connectivity index (χ2n) is 5.45. The third-order valence-corrected chi connectivity index (χ3v) is 3.83. The Morgan fingerprint density at radius 1 is 1.31 bits per heavy atom. The summed E-state index contributed by atoms with van der Waals surface area (Å²) in [5.74, 6) is -0.706. The number of hydrogen-bond donors (Lipinski definition) is 0. The SMILES string of the molecule is COc1cc(Cl)ccc1-c1cnc2nc(C(=O)CCC(F)(F)F)oc2c1. The van der Waals surface area contributed by atoms with Crippen LogP contribution >= 0.6 is 11.6 Å². The second kappa shape index (κ2) is 6.95. The number of hydrogen-bond acceptors (Lipinski definition) is 5. The third kappa shape index (κ3) is 3.96. The Bertz CT molecular complexity index is 970. The average Bonchev–Trinajstić information content (AvgIpc) is 3.02. The average molecular weight is 385 g/mol. The van der Waals surface area contributed by atoms with Crippen LogP contribution in [0.25, 0.3) is 22.4 Å². The van der Waals surface area contributed by atoms with Gasteiger partial charge in [-0.15, -0.1) is 0 Å². The molecule has 0 saturated carbocycles. The zero-order valence-corrected chi connectivity index (χ0v) is 14.2. The number of Topliss-reactive ketones (excluding diaryl/α,β-unsaturated/α-hetero) is 1. The number of ketones is 1. The van der Waals surface area contributed by atoms with Crippen LogP contribution in [0.4, 0.5) is 13.2 Å². The maximum Gasteiger partial charge on any atom is 0.389 e. The normalized spacial score (nSPS) is 11.7. The Morgan fingerprint density at radius 3 is 2.77 bits per heavy atom. The number of fused-ring (bicyclic) bond motifs is 1. The number of rotatable bonds is 5. The van der Waals surface area contributed by atoms with Gasteiger partial charge in [-0.25, -0.2) is 4.98 Å². The molecule has 9 heteroatoms. The van der Waals surface area contributed by atoms with Crippen LogP contribution in [0, 0.1) is 0 Å². The second-order valence-corrected chi connectivity index (χ2v) is 5.88. The molecule has 0 aliphatic rings.